The lowest BCUT2D eigenvalue weighted by Gasteiger charge is -2.29. The Balaban J connectivity index is 1.47. The number of aromatic nitrogens is 5. The zero-order chi connectivity index (χ0) is 28.1. The van der Waals surface area contributed by atoms with Gasteiger partial charge in [0.25, 0.3) is 11.5 Å². The van der Waals surface area contributed by atoms with Crippen LogP contribution in [0.15, 0.2) is 58.5 Å². The summed E-state index contributed by atoms with van der Waals surface area (Å²) >= 11 is 0. The molecule has 1 amide bonds. The van der Waals surface area contributed by atoms with Gasteiger partial charge in [-0.15, -0.1) is 0 Å². The Morgan fingerprint density at radius 3 is 2.48 bits per heavy atom. The number of nitrogens with zero attached hydrogens (tertiary/aromatic N) is 6. The average Bonchev–Trinajstić information content (AvgIpc) is 3.44. The van der Waals surface area contributed by atoms with E-state index in [1.54, 1.807) is 40.2 Å². The molecule has 1 aliphatic heterocycles. The van der Waals surface area contributed by atoms with E-state index in [1.165, 1.54) is 4.57 Å². The van der Waals surface area contributed by atoms with Crippen molar-refractivity contribution in [3.8, 4) is 11.3 Å². The Bertz CT molecular complexity index is 1570. The molecule has 0 saturated carbocycles. The van der Waals surface area contributed by atoms with Crippen LogP contribution in [-0.4, -0.2) is 74.3 Å². The minimum atomic E-state index is -0.318. The van der Waals surface area contributed by atoms with E-state index in [-0.39, 0.29) is 17.2 Å². The number of H-pyrrole nitrogens is 1. The van der Waals surface area contributed by atoms with Crippen molar-refractivity contribution in [1.29, 1.82) is 0 Å². The summed E-state index contributed by atoms with van der Waals surface area (Å²) in [5, 5.41) is 0. The second-order valence-electron chi connectivity index (χ2n) is 9.89. The number of nitrogens with one attached hydrogen (secondary N) is 1. The number of carbonyl (C=O) groups excluding carboxylic acids is 1. The monoisotopic (exact) mass is 545 g/mol. The van der Waals surface area contributed by atoms with E-state index >= 15 is 0 Å². The van der Waals surface area contributed by atoms with Gasteiger partial charge in [0.1, 0.15) is 11.3 Å². The lowest BCUT2D eigenvalue weighted by atomic mass is 10.2. The third kappa shape index (κ3) is 5.61. The van der Waals surface area contributed by atoms with E-state index in [4.69, 9.17) is 4.74 Å². The summed E-state index contributed by atoms with van der Waals surface area (Å²) in [6, 6.07) is 9.00. The quantitative estimate of drug-likeness (QED) is 0.326. The van der Waals surface area contributed by atoms with Crippen LogP contribution in [0.5, 0.6) is 0 Å². The molecule has 4 aromatic heterocycles. The van der Waals surface area contributed by atoms with Crippen LogP contribution >= 0.6 is 0 Å². The van der Waals surface area contributed by atoms with Crippen molar-refractivity contribution in [1.82, 2.24) is 29.0 Å². The van der Waals surface area contributed by atoms with Crippen LogP contribution in [0.25, 0.3) is 22.3 Å². The number of carbonyl (C=O) groups is 1. The van der Waals surface area contributed by atoms with Gasteiger partial charge >= 0.3 is 5.69 Å². The second-order valence-corrected chi connectivity index (χ2v) is 9.89. The van der Waals surface area contributed by atoms with Crippen molar-refractivity contribution in [2.24, 2.45) is 0 Å². The van der Waals surface area contributed by atoms with E-state index in [2.05, 4.69) is 19.9 Å². The Morgan fingerprint density at radius 2 is 1.80 bits per heavy atom. The Kier molecular flexibility index (Phi) is 8.51. The molecular weight excluding hydrogens is 510 g/mol. The average molecular weight is 546 g/mol. The fraction of sp³-hybridized carbons (Fsp3) is 0.414. The molecule has 0 atom stereocenters. The third-order valence-corrected chi connectivity index (χ3v) is 7.14. The van der Waals surface area contributed by atoms with Gasteiger partial charge in [0, 0.05) is 69.1 Å². The lowest BCUT2D eigenvalue weighted by Crippen LogP contribution is -2.43. The zero-order valence-corrected chi connectivity index (χ0v) is 23.0. The van der Waals surface area contributed by atoms with Crippen LogP contribution in [0.3, 0.4) is 0 Å². The number of rotatable bonds is 10. The van der Waals surface area contributed by atoms with Crippen molar-refractivity contribution in [3.05, 3.63) is 75.3 Å². The van der Waals surface area contributed by atoms with Gasteiger partial charge in [0.05, 0.1) is 24.3 Å². The molecule has 210 valence electrons. The van der Waals surface area contributed by atoms with Gasteiger partial charge in [0.2, 0.25) is 0 Å². The number of hydrogen-bond donors (Lipinski definition) is 1. The predicted octanol–water partition coefficient (Wildman–Crippen LogP) is 2.75. The molecule has 11 nitrogen and oxygen atoms in total. The molecule has 4 aromatic rings. The maximum absolute atomic E-state index is 13.5. The van der Waals surface area contributed by atoms with E-state index in [0.717, 1.165) is 25.1 Å². The lowest BCUT2D eigenvalue weighted by molar-refractivity contribution is 0.0391. The number of amides is 1. The standard InChI is InChI=1S/C29H35N7O4/c1-3-10-34-24-18-23(32-26(24)28(38)36(11-4-2)29(34)39)21-7-8-25(31-20-21)35(13-12-33-14-16-40-17-15-33)27(37)22-6-5-9-30-19-22/h5-9,18-20,32H,3-4,10-17H2,1-2H3. The van der Waals surface area contributed by atoms with Crippen molar-refractivity contribution in [2.45, 2.75) is 39.8 Å². The Morgan fingerprint density at radius 1 is 1.02 bits per heavy atom. The van der Waals surface area contributed by atoms with Gasteiger partial charge in [-0.3, -0.25) is 33.5 Å². The molecule has 0 unspecified atom stereocenters. The molecule has 0 spiro atoms. The number of aromatic amines is 1. The van der Waals surface area contributed by atoms with Crippen LogP contribution in [0, 0.1) is 0 Å². The number of pyridine rings is 2. The van der Waals surface area contributed by atoms with Gasteiger partial charge in [-0.2, -0.15) is 0 Å². The first kappa shape index (κ1) is 27.5. The van der Waals surface area contributed by atoms with Crippen LogP contribution in [-0.2, 0) is 17.8 Å². The smallest absolute Gasteiger partial charge is 0.331 e. The van der Waals surface area contributed by atoms with E-state index < -0.39 is 0 Å². The summed E-state index contributed by atoms with van der Waals surface area (Å²) in [6.07, 6.45) is 6.33. The predicted molar refractivity (Wildman–Crippen MR) is 154 cm³/mol. The maximum atomic E-state index is 13.5. The summed E-state index contributed by atoms with van der Waals surface area (Å²) in [4.78, 5) is 55.6. The molecule has 1 N–H and O–H groups in total. The minimum absolute atomic E-state index is 0.174. The molecular formula is C29H35N7O4. The minimum Gasteiger partial charge on any atom is -0.379 e. The zero-order valence-electron chi connectivity index (χ0n) is 23.0. The van der Waals surface area contributed by atoms with Crippen molar-refractivity contribution < 1.29 is 9.53 Å². The largest absolute Gasteiger partial charge is 0.379 e. The van der Waals surface area contributed by atoms with Crippen LogP contribution in [0.4, 0.5) is 5.82 Å². The highest BCUT2D eigenvalue weighted by Gasteiger charge is 2.22. The fourth-order valence-electron chi connectivity index (χ4n) is 5.04. The third-order valence-electron chi connectivity index (χ3n) is 7.14. The van der Waals surface area contributed by atoms with Crippen LogP contribution in [0.1, 0.15) is 37.0 Å². The first-order chi connectivity index (χ1) is 19.5. The summed E-state index contributed by atoms with van der Waals surface area (Å²) in [5.41, 5.74) is 2.30. The van der Waals surface area contributed by atoms with E-state index in [9.17, 15) is 14.4 Å². The normalized spacial score (nSPS) is 14.1. The van der Waals surface area contributed by atoms with Gasteiger partial charge in [-0.25, -0.2) is 9.78 Å². The molecule has 0 aromatic carbocycles. The van der Waals surface area contributed by atoms with Gasteiger partial charge in [-0.05, 0) is 43.2 Å². The molecule has 1 saturated heterocycles. The van der Waals surface area contributed by atoms with E-state index in [1.807, 2.05) is 32.0 Å². The molecule has 5 rings (SSSR count). The number of hydrogen-bond acceptors (Lipinski definition) is 7. The van der Waals surface area contributed by atoms with Gasteiger partial charge in [-0.1, -0.05) is 13.8 Å². The second kappa shape index (κ2) is 12.4. The highest BCUT2D eigenvalue weighted by atomic mass is 16.5. The van der Waals surface area contributed by atoms with Gasteiger partial charge in [0.15, 0.2) is 0 Å². The number of aryl methyl sites for hydroxylation is 1. The number of ether oxygens (including phenoxy) is 1. The van der Waals surface area contributed by atoms with E-state index in [0.29, 0.717) is 73.9 Å². The summed E-state index contributed by atoms with van der Waals surface area (Å²) in [7, 11) is 0. The summed E-state index contributed by atoms with van der Waals surface area (Å²) in [6.45, 7) is 9.00. The Hall–Kier alpha value is -4.09. The molecule has 1 aliphatic rings. The molecule has 0 aliphatic carbocycles. The molecule has 0 radical (unpaired) electrons. The number of anilines is 1. The summed E-state index contributed by atoms with van der Waals surface area (Å²) in [5.74, 6) is 0.349. The molecule has 40 heavy (non-hydrogen) atoms. The SMILES string of the molecule is CCCn1c(=O)c2[nH]c(-c3ccc(N(CCN4CCOCC4)C(=O)c4cccnc4)nc3)cc2n(CCC)c1=O. The molecule has 1 fully saturated rings. The fourth-order valence-corrected chi connectivity index (χ4v) is 5.04. The highest BCUT2D eigenvalue weighted by molar-refractivity contribution is 6.05. The van der Waals surface area contributed by atoms with Gasteiger partial charge < -0.3 is 9.72 Å². The number of fused-ring (bicyclic) bond motifs is 1. The van der Waals surface area contributed by atoms with Crippen LogP contribution in [0.2, 0.25) is 0 Å². The van der Waals surface area contributed by atoms with Crippen molar-refractivity contribution >= 4 is 22.8 Å². The van der Waals surface area contributed by atoms with Crippen LogP contribution < -0.4 is 16.1 Å². The number of morpholine rings is 1. The summed E-state index contributed by atoms with van der Waals surface area (Å²) < 4.78 is 8.42. The topological polar surface area (TPSA) is 118 Å². The van der Waals surface area contributed by atoms with Crippen molar-refractivity contribution in [3.63, 3.8) is 0 Å². The Labute approximate surface area is 232 Å². The first-order valence-electron chi connectivity index (χ1n) is 13.9. The highest BCUT2D eigenvalue weighted by Crippen LogP contribution is 2.24. The molecule has 11 heteroatoms. The first-order valence-corrected chi connectivity index (χ1v) is 13.9. The molecule has 0 bridgehead atoms. The molecule has 5 heterocycles. The van der Waals surface area contributed by atoms with Crippen molar-refractivity contribution in [2.75, 3.05) is 44.3 Å². The maximum Gasteiger partial charge on any atom is 0.331 e.